The third kappa shape index (κ3) is 3.44. The summed E-state index contributed by atoms with van der Waals surface area (Å²) < 4.78 is 1.66. The van der Waals surface area contributed by atoms with Crippen molar-refractivity contribution in [1.82, 2.24) is 0 Å². The molecule has 0 bridgehead atoms. The summed E-state index contributed by atoms with van der Waals surface area (Å²) >= 11 is 5.71. The molecular formula is C19H18S4Sn. The van der Waals surface area contributed by atoms with E-state index in [0.717, 1.165) is 0 Å². The Hall–Kier alpha value is -0.401. The van der Waals surface area contributed by atoms with Crippen molar-refractivity contribution in [2.75, 3.05) is 0 Å². The molecule has 0 radical (unpaired) electrons. The molecule has 5 heteroatoms. The molecule has 0 spiro atoms. The predicted molar refractivity (Wildman–Crippen MR) is 117 cm³/mol. The molecule has 0 aromatic carbocycles. The van der Waals surface area contributed by atoms with Gasteiger partial charge in [-0.2, -0.15) is 0 Å². The standard InChI is InChI=1S/C16H9S4.3CH3.Sn/c1-3-11(17-9-1)13-5-7-15(19-13)16-8-6-14(20-16)12-4-2-10-18-12;;;;/h1-9H;3*1H3;. The zero-order valence-corrected chi connectivity index (χ0v) is 19.9. The molecule has 4 rings (SSSR count). The molecule has 0 aliphatic rings. The Labute approximate surface area is 163 Å². The molecule has 0 nitrogen and oxygen atoms in total. The van der Waals surface area contributed by atoms with E-state index in [2.05, 4.69) is 68.7 Å². The summed E-state index contributed by atoms with van der Waals surface area (Å²) in [6, 6.07) is 18.1. The van der Waals surface area contributed by atoms with Crippen LogP contribution in [0.2, 0.25) is 14.8 Å². The first-order chi connectivity index (χ1) is 11.5. The molecule has 0 aliphatic carbocycles. The van der Waals surface area contributed by atoms with Gasteiger partial charge in [-0.1, -0.05) is 0 Å². The van der Waals surface area contributed by atoms with Crippen LogP contribution in [0.3, 0.4) is 0 Å². The van der Waals surface area contributed by atoms with Gasteiger partial charge in [-0.3, -0.25) is 0 Å². The summed E-state index contributed by atoms with van der Waals surface area (Å²) in [7, 11) is 0. The molecule has 4 aromatic rings. The number of hydrogen-bond acceptors (Lipinski definition) is 4. The van der Waals surface area contributed by atoms with Crippen LogP contribution in [0.1, 0.15) is 0 Å². The Balaban J connectivity index is 1.62. The van der Waals surface area contributed by atoms with E-state index in [1.54, 1.807) is 2.89 Å². The predicted octanol–water partition coefficient (Wildman–Crippen LogP) is 7.48. The van der Waals surface area contributed by atoms with Crippen LogP contribution < -0.4 is 2.89 Å². The first-order valence-corrected chi connectivity index (χ1v) is 21.2. The Morgan fingerprint density at radius 2 is 1.08 bits per heavy atom. The molecule has 0 fully saturated rings. The molecule has 0 unspecified atom stereocenters. The van der Waals surface area contributed by atoms with Gasteiger partial charge in [0.05, 0.1) is 0 Å². The van der Waals surface area contributed by atoms with Crippen molar-refractivity contribution in [3.05, 3.63) is 53.9 Å². The second-order valence-electron chi connectivity index (χ2n) is 6.72. The van der Waals surface area contributed by atoms with E-state index in [4.69, 9.17) is 0 Å². The fourth-order valence-corrected chi connectivity index (χ4v) is 11.8. The normalized spacial score (nSPS) is 12.0. The van der Waals surface area contributed by atoms with Crippen LogP contribution in [0.25, 0.3) is 29.3 Å². The van der Waals surface area contributed by atoms with Gasteiger partial charge in [0.15, 0.2) is 0 Å². The first-order valence-electron chi connectivity index (χ1n) is 7.85. The van der Waals surface area contributed by atoms with Gasteiger partial charge >= 0.3 is 165 Å². The fourth-order valence-electron chi connectivity index (χ4n) is 2.50. The molecule has 4 aromatic heterocycles. The van der Waals surface area contributed by atoms with Gasteiger partial charge in [0.2, 0.25) is 0 Å². The second-order valence-corrected chi connectivity index (χ2v) is 26.3. The third-order valence-corrected chi connectivity index (χ3v) is 18.0. The summed E-state index contributed by atoms with van der Waals surface area (Å²) in [5, 5.41) is 2.15. The average molecular weight is 493 g/mol. The van der Waals surface area contributed by atoms with Gasteiger partial charge in [0, 0.05) is 0 Å². The topological polar surface area (TPSA) is 0 Å². The van der Waals surface area contributed by atoms with Crippen LogP contribution in [-0.4, -0.2) is 18.4 Å². The maximum atomic E-state index is 2.49. The van der Waals surface area contributed by atoms with Crippen LogP contribution in [0, 0.1) is 0 Å². The minimum atomic E-state index is -1.94. The van der Waals surface area contributed by atoms with Crippen LogP contribution in [-0.2, 0) is 0 Å². The van der Waals surface area contributed by atoms with Gasteiger partial charge in [0.1, 0.15) is 0 Å². The van der Waals surface area contributed by atoms with Crippen molar-refractivity contribution < 1.29 is 0 Å². The molecule has 0 atom stereocenters. The molecule has 24 heavy (non-hydrogen) atoms. The molecule has 0 saturated carbocycles. The summed E-state index contributed by atoms with van der Waals surface area (Å²) in [6.45, 7) is 0. The van der Waals surface area contributed by atoms with Crippen molar-refractivity contribution in [3.8, 4) is 29.3 Å². The number of thiophene rings is 4. The van der Waals surface area contributed by atoms with E-state index < -0.39 is 18.4 Å². The zero-order chi connectivity index (χ0) is 16.7. The van der Waals surface area contributed by atoms with E-state index in [-0.39, 0.29) is 0 Å². The second kappa shape index (κ2) is 6.72. The summed E-state index contributed by atoms with van der Waals surface area (Å²) in [4.78, 5) is 15.8. The van der Waals surface area contributed by atoms with Crippen molar-refractivity contribution in [2.45, 2.75) is 14.8 Å². The van der Waals surface area contributed by atoms with Crippen molar-refractivity contribution in [1.29, 1.82) is 0 Å². The monoisotopic (exact) mass is 494 g/mol. The van der Waals surface area contributed by atoms with Crippen molar-refractivity contribution in [2.24, 2.45) is 0 Å². The molecule has 0 aliphatic heterocycles. The van der Waals surface area contributed by atoms with Gasteiger partial charge < -0.3 is 0 Å². The molecule has 0 amide bonds. The molecule has 122 valence electrons. The van der Waals surface area contributed by atoms with Crippen molar-refractivity contribution in [3.63, 3.8) is 0 Å². The SMILES string of the molecule is [CH3][Sn]([CH3])([CH3])[c]1ccc(-c2ccc(-c3ccc(-c4cccs4)s3)s2)s1. The van der Waals surface area contributed by atoms with E-state index >= 15 is 0 Å². The summed E-state index contributed by atoms with van der Waals surface area (Å²) in [6.07, 6.45) is 0. The first kappa shape index (κ1) is 17.0. The Bertz CT molecular complexity index is 948. The molecule has 0 saturated heterocycles. The molecular weight excluding hydrogens is 475 g/mol. The van der Waals surface area contributed by atoms with Crippen LogP contribution >= 0.6 is 45.3 Å². The Morgan fingerprint density at radius 3 is 1.54 bits per heavy atom. The minimum absolute atomic E-state index is 1.36. The van der Waals surface area contributed by atoms with E-state index in [1.807, 2.05) is 45.3 Å². The average Bonchev–Trinajstić information content (AvgIpc) is 3.31. The van der Waals surface area contributed by atoms with Gasteiger partial charge in [-0.15, -0.1) is 0 Å². The van der Waals surface area contributed by atoms with Crippen LogP contribution in [0.5, 0.6) is 0 Å². The maximum absolute atomic E-state index is 2.49. The van der Waals surface area contributed by atoms with Crippen molar-refractivity contribution >= 4 is 66.6 Å². The van der Waals surface area contributed by atoms with Gasteiger partial charge in [-0.25, -0.2) is 0 Å². The Morgan fingerprint density at radius 1 is 0.583 bits per heavy atom. The molecule has 4 heterocycles. The van der Waals surface area contributed by atoms with Crippen LogP contribution in [0.15, 0.2) is 53.9 Å². The summed E-state index contributed by atoms with van der Waals surface area (Å²) in [5.41, 5.74) is 0. The number of rotatable bonds is 4. The fraction of sp³-hybridized carbons (Fsp3) is 0.158. The quantitative estimate of drug-likeness (QED) is 0.259. The van der Waals surface area contributed by atoms with Gasteiger partial charge in [0.25, 0.3) is 0 Å². The third-order valence-electron chi connectivity index (χ3n) is 3.81. The van der Waals surface area contributed by atoms with Crippen LogP contribution in [0.4, 0.5) is 0 Å². The number of hydrogen-bond donors (Lipinski definition) is 0. The summed E-state index contributed by atoms with van der Waals surface area (Å²) in [5.74, 6) is 0. The van der Waals surface area contributed by atoms with E-state index in [9.17, 15) is 0 Å². The van der Waals surface area contributed by atoms with E-state index in [0.29, 0.717) is 0 Å². The molecule has 0 N–H and O–H groups in total. The van der Waals surface area contributed by atoms with Gasteiger partial charge in [-0.05, 0) is 0 Å². The Kier molecular flexibility index (Phi) is 4.77. The zero-order valence-electron chi connectivity index (χ0n) is 13.8. The van der Waals surface area contributed by atoms with E-state index in [1.165, 1.54) is 29.3 Å².